The molecular formula is C40H36ClN13O3S3. The number of nitrogens with one attached hydrogen (secondary N) is 3. The fourth-order valence-corrected chi connectivity index (χ4v) is 7.92. The maximum absolute atomic E-state index is 13.6. The van der Waals surface area contributed by atoms with E-state index in [1.54, 1.807) is 34.8 Å². The van der Waals surface area contributed by atoms with Gasteiger partial charge in [-0.3, -0.25) is 15.0 Å². The Morgan fingerprint density at radius 2 is 1.77 bits per heavy atom. The molecule has 8 rings (SSSR count). The van der Waals surface area contributed by atoms with E-state index in [4.69, 9.17) is 31.3 Å². The minimum Gasteiger partial charge on any atom is -0.378 e. The van der Waals surface area contributed by atoms with Crippen LogP contribution < -0.4 is 21.1 Å². The Morgan fingerprint density at radius 3 is 2.55 bits per heavy atom. The average Bonchev–Trinajstić information content (AvgIpc) is 4.11. The minimum atomic E-state index is -0.416. The van der Waals surface area contributed by atoms with Crippen LogP contribution in [-0.4, -0.2) is 90.2 Å². The van der Waals surface area contributed by atoms with Crippen LogP contribution in [0.15, 0.2) is 111 Å². The lowest BCUT2D eigenvalue weighted by Gasteiger charge is -2.10. The minimum absolute atomic E-state index is 0.151. The second kappa shape index (κ2) is 19.3. The van der Waals surface area contributed by atoms with Crippen molar-refractivity contribution in [1.82, 2.24) is 40.2 Å². The molecule has 0 atom stereocenters. The Kier molecular flexibility index (Phi) is 13.1. The number of thioether (sulfide) groups is 1. The number of amides is 2. The third-order valence-corrected chi connectivity index (χ3v) is 11.6. The summed E-state index contributed by atoms with van der Waals surface area (Å²) in [5, 5.41) is 31.1. The van der Waals surface area contributed by atoms with Gasteiger partial charge in [0.2, 0.25) is 10.3 Å². The SMILES string of the molecule is CCCSc1nc(NCCOCCNC(=O)c2ccc(-c3csc(N4N=C(c5ccccc5)C(=NNc5nccs5)C4=O)n3)cc2)c2nnn(Cc3ccc(Cl)cc3)c2n1. The van der Waals surface area contributed by atoms with Crippen molar-refractivity contribution in [2.45, 2.75) is 25.0 Å². The molecule has 4 aromatic heterocycles. The summed E-state index contributed by atoms with van der Waals surface area (Å²) in [7, 11) is 0. The summed E-state index contributed by atoms with van der Waals surface area (Å²) in [6, 6.07) is 24.1. The molecular weight excluding hydrogens is 842 g/mol. The number of carbonyl (C=O) groups excluding carboxylic acids is 2. The van der Waals surface area contributed by atoms with Gasteiger partial charge < -0.3 is 15.4 Å². The van der Waals surface area contributed by atoms with E-state index in [0.717, 1.165) is 28.9 Å². The van der Waals surface area contributed by atoms with Crippen molar-refractivity contribution in [3.05, 3.63) is 118 Å². The number of fused-ring (bicyclic) bond motifs is 1. The van der Waals surface area contributed by atoms with Gasteiger partial charge in [-0.2, -0.15) is 15.2 Å². The lowest BCUT2D eigenvalue weighted by Crippen LogP contribution is -2.28. The summed E-state index contributed by atoms with van der Waals surface area (Å²) >= 11 is 10.3. The number of aromatic nitrogens is 7. The highest BCUT2D eigenvalue weighted by Crippen LogP contribution is 2.31. The number of thiazole rings is 2. The first-order valence-electron chi connectivity index (χ1n) is 18.8. The second-order valence-electron chi connectivity index (χ2n) is 13.0. The summed E-state index contributed by atoms with van der Waals surface area (Å²) in [6.45, 7) is 4.09. The zero-order chi connectivity index (χ0) is 41.3. The van der Waals surface area contributed by atoms with Crippen molar-refractivity contribution in [1.29, 1.82) is 0 Å². The quantitative estimate of drug-likeness (QED) is 0.0344. The van der Waals surface area contributed by atoms with Gasteiger partial charge >= 0.3 is 5.91 Å². The van der Waals surface area contributed by atoms with E-state index in [9.17, 15) is 9.59 Å². The molecule has 0 aliphatic carbocycles. The van der Waals surface area contributed by atoms with Crippen molar-refractivity contribution in [3.63, 3.8) is 0 Å². The van der Waals surface area contributed by atoms with Crippen LogP contribution in [0.5, 0.6) is 0 Å². The molecule has 3 N–H and O–H groups in total. The molecule has 304 valence electrons. The van der Waals surface area contributed by atoms with Crippen LogP contribution in [-0.2, 0) is 16.1 Å². The van der Waals surface area contributed by atoms with Crippen LogP contribution in [0.1, 0.15) is 34.8 Å². The van der Waals surface area contributed by atoms with Crippen molar-refractivity contribution < 1.29 is 14.3 Å². The highest BCUT2D eigenvalue weighted by atomic mass is 35.5. The second-order valence-corrected chi connectivity index (χ2v) is 16.2. The van der Waals surface area contributed by atoms with Gasteiger partial charge in [0.1, 0.15) is 5.71 Å². The first kappa shape index (κ1) is 40.7. The van der Waals surface area contributed by atoms with Gasteiger partial charge in [-0.15, -0.1) is 27.8 Å². The third kappa shape index (κ3) is 9.67. The molecule has 0 unspecified atom stereocenters. The van der Waals surface area contributed by atoms with E-state index in [2.05, 4.69) is 48.5 Å². The fraction of sp³-hybridized carbons (Fsp3) is 0.200. The number of nitrogens with zero attached hydrogens (tertiary/aromatic N) is 10. The Bertz CT molecular complexity index is 2640. The van der Waals surface area contributed by atoms with Crippen LogP contribution in [0.3, 0.4) is 0 Å². The number of halogens is 1. The van der Waals surface area contributed by atoms with Crippen LogP contribution in [0, 0.1) is 0 Å². The predicted octanol–water partition coefficient (Wildman–Crippen LogP) is 7.08. The van der Waals surface area contributed by atoms with Crippen LogP contribution in [0.2, 0.25) is 5.02 Å². The standard InChI is InChI=1S/C40H36ClN13O3S3/c1-2-21-58-39-46-34(33-35(47-39)53(52-49-33)23-25-8-14-29(41)15-9-25)42-16-19-57-20-17-43-36(55)28-12-10-26(11-13-28)30-24-60-40(45-30)54-37(56)32(48-50-38-44-18-22-59-38)31(51-54)27-6-4-3-5-7-27/h3-15,18,22,24H,2,16-17,19-21,23H2,1H3,(H,43,55)(H,44,50)(H,42,46,47). The molecule has 0 spiro atoms. The summed E-state index contributed by atoms with van der Waals surface area (Å²) < 4.78 is 7.56. The van der Waals surface area contributed by atoms with Gasteiger partial charge in [-0.25, -0.2) is 24.6 Å². The molecule has 7 aromatic rings. The Labute approximate surface area is 361 Å². The largest absolute Gasteiger partial charge is 0.378 e. The molecule has 5 heterocycles. The Hall–Kier alpha value is -6.12. The van der Waals surface area contributed by atoms with E-state index >= 15 is 0 Å². The first-order valence-corrected chi connectivity index (χ1v) is 21.9. The van der Waals surface area contributed by atoms with Gasteiger partial charge in [0.05, 0.1) is 25.5 Å². The van der Waals surface area contributed by atoms with Crippen LogP contribution in [0.4, 0.5) is 16.1 Å². The summed E-state index contributed by atoms with van der Waals surface area (Å²) in [6.07, 6.45) is 2.64. The number of hydrazone groups is 2. The van der Waals surface area contributed by atoms with Crippen LogP contribution >= 0.6 is 46.0 Å². The fourth-order valence-electron chi connectivity index (χ4n) is 5.85. The monoisotopic (exact) mass is 877 g/mol. The van der Waals surface area contributed by atoms with Gasteiger partial charge in [0.25, 0.3) is 5.91 Å². The average molecular weight is 878 g/mol. The normalized spacial score (nSPS) is 13.3. The van der Waals surface area contributed by atoms with Crippen molar-refractivity contribution in [2.24, 2.45) is 10.2 Å². The van der Waals surface area contributed by atoms with Gasteiger partial charge in [0, 0.05) is 57.5 Å². The van der Waals surface area contributed by atoms with Gasteiger partial charge in [-0.1, -0.05) is 90.1 Å². The zero-order valence-electron chi connectivity index (χ0n) is 32.0. The summed E-state index contributed by atoms with van der Waals surface area (Å²) in [4.78, 5) is 44.9. The van der Waals surface area contributed by atoms with E-state index in [0.29, 0.717) is 87.2 Å². The smallest absolute Gasteiger partial charge is 0.303 e. The number of hydrogen-bond acceptors (Lipinski definition) is 16. The maximum Gasteiger partial charge on any atom is 0.303 e. The molecule has 1 aliphatic rings. The summed E-state index contributed by atoms with van der Waals surface area (Å²) in [5.41, 5.74) is 8.33. The maximum atomic E-state index is 13.6. The number of hydrogen-bond donors (Lipinski definition) is 3. The molecule has 16 nitrogen and oxygen atoms in total. The molecule has 20 heteroatoms. The number of ether oxygens (including phenoxy) is 1. The number of anilines is 3. The highest BCUT2D eigenvalue weighted by Gasteiger charge is 2.36. The molecule has 0 saturated carbocycles. The molecule has 0 saturated heterocycles. The van der Waals surface area contributed by atoms with Gasteiger partial charge in [0.15, 0.2) is 27.8 Å². The lowest BCUT2D eigenvalue weighted by atomic mass is 10.1. The van der Waals surface area contributed by atoms with E-state index < -0.39 is 5.91 Å². The van der Waals surface area contributed by atoms with Crippen molar-refractivity contribution in [2.75, 3.05) is 47.8 Å². The van der Waals surface area contributed by atoms with Crippen LogP contribution in [0.25, 0.3) is 22.4 Å². The lowest BCUT2D eigenvalue weighted by molar-refractivity contribution is -0.112. The topological polar surface area (TPSA) is 190 Å². The van der Waals surface area contributed by atoms with E-state index in [1.165, 1.54) is 27.7 Å². The molecule has 1 aliphatic heterocycles. The molecule has 2 amide bonds. The number of rotatable bonds is 18. The number of carbonyl (C=O) groups is 2. The Balaban J connectivity index is 0.825. The molecule has 60 heavy (non-hydrogen) atoms. The predicted molar refractivity (Wildman–Crippen MR) is 238 cm³/mol. The third-order valence-electron chi connectivity index (χ3n) is 8.77. The molecule has 3 aromatic carbocycles. The highest BCUT2D eigenvalue weighted by molar-refractivity contribution is 7.99. The molecule has 0 fully saturated rings. The molecule has 0 radical (unpaired) electrons. The molecule has 0 bridgehead atoms. The zero-order valence-corrected chi connectivity index (χ0v) is 35.2. The Morgan fingerprint density at radius 1 is 0.950 bits per heavy atom. The number of benzene rings is 3. The summed E-state index contributed by atoms with van der Waals surface area (Å²) in [5.74, 6) is 0.828. The van der Waals surface area contributed by atoms with E-state index in [-0.39, 0.29) is 11.6 Å². The first-order chi connectivity index (χ1) is 29.4. The van der Waals surface area contributed by atoms with Crippen molar-refractivity contribution in [3.8, 4) is 11.3 Å². The van der Waals surface area contributed by atoms with Crippen molar-refractivity contribution >= 4 is 96.5 Å². The van der Waals surface area contributed by atoms with E-state index in [1.807, 2.05) is 77.5 Å². The van der Waals surface area contributed by atoms with Gasteiger partial charge in [-0.05, 0) is 36.2 Å².